The number of aromatic nitrogens is 2. The summed E-state index contributed by atoms with van der Waals surface area (Å²) in [7, 11) is 0. The number of anilines is 1. The second-order valence-corrected chi connectivity index (χ2v) is 6.06. The van der Waals surface area contributed by atoms with E-state index in [9.17, 15) is 0 Å². The fraction of sp³-hybridized carbons (Fsp3) is 0.500. The van der Waals surface area contributed by atoms with Crippen molar-refractivity contribution in [3.05, 3.63) is 30.5 Å². The minimum atomic E-state index is -0.0407. The third kappa shape index (κ3) is 3.68. The fourth-order valence-electron chi connectivity index (χ4n) is 2.69. The van der Waals surface area contributed by atoms with Gasteiger partial charge in [0.15, 0.2) is 0 Å². The Morgan fingerprint density at radius 3 is 2.90 bits per heavy atom. The van der Waals surface area contributed by atoms with Gasteiger partial charge in [-0.15, -0.1) is 0 Å². The quantitative estimate of drug-likeness (QED) is 0.933. The highest BCUT2D eigenvalue weighted by atomic mass is 16.5. The molecule has 112 valence electrons. The van der Waals surface area contributed by atoms with Crippen LogP contribution in [0.2, 0.25) is 0 Å². The van der Waals surface area contributed by atoms with Crippen molar-refractivity contribution in [1.82, 2.24) is 14.9 Å². The van der Waals surface area contributed by atoms with Crippen molar-refractivity contribution in [2.75, 3.05) is 38.1 Å². The highest BCUT2D eigenvalue weighted by Gasteiger charge is 2.26. The maximum atomic E-state index is 5.72. The van der Waals surface area contributed by atoms with E-state index in [2.05, 4.69) is 34.0 Å². The van der Waals surface area contributed by atoms with Crippen molar-refractivity contribution >= 4 is 16.9 Å². The molecule has 0 saturated carbocycles. The first-order valence-electron chi connectivity index (χ1n) is 7.44. The van der Waals surface area contributed by atoms with Crippen LogP contribution in [0.5, 0.6) is 0 Å². The summed E-state index contributed by atoms with van der Waals surface area (Å²) in [6, 6.07) is 7.92. The van der Waals surface area contributed by atoms with E-state index < -0.39 is 0 Å². The predicted molar refractivity (Wildman–Crippen MR) is 84.5 cm³/mol. The Morgan fingerprint density at radius 1 is 1.29 bits per heavy atom. The second-order valence-electron chi connectivity index (χ2n) is 6.06. The molecular formula is C16H22N4O. The van der Waals surface area contributed by atoms with Gasteiger partial charge in [0.25, 0.3) is 0 Å². The molecule has 1 aliphatic rings. The van der Waals surface area contributed by atoms with E-state index in [1.807, 2.05) is 24.3 Å². The first kappa shape index (κ1) is 14.2. The maximum Gasteiger partial charge on any atom is 0.145 e. The van der Waals surface area contributed by atoms with Gasteiger partial charge in [-0.2, -0.15) is 0 Å². The lowest BCUT2D eigenvalue weighted by atomic mass is 10.1. The van der Waals surface area contributed by atoms with Crippen molar-refractivity contribution in [3.8, 4) is 0 Å². The molecule has 3 rings (SSSR count). The van der Waals surface area contributed by atoms with E-state index in [-0.39, 0.29) is 5.60 Å². The van der Waals surface area contributed by atoms with Crippen LogP contribution >= 0.6 is 0 Å². The van der Waals surface area contributed by atoms with E-state index in [1.54, 1.807) is 6.20 Å². The van der Waals surface area contributed by atoms with Gasteiger partial charge in [-0.1, -0.05) is 12.1 Å². The van der Waals surface area contributed by atoms with Crippen LogP contribution in [0.4, 0.5) is 5.82 Å². The number of rotatable bonds is 4. The highest BCUT2D eigenvalue weighted by molar-refractivity contribution is 5.75. The first-order valence-corrected chi connectivity index (χ1v) is 7.44. The van der Waals surface area contributed by atoms with Gasteiger partial charge >= 0.3 is 0 Å². The highest BCUT2D eigenvalue weighted by Crippen LogP contribution is 2.16. The van der Waals surface area contributed by atoms with E-state index in [0.29, 0.717) is 0 Å². The van der Waals surface area contributed by atoms with Crippen LogP contribution in [-0.4, -0.2) is 53.3 Å². The Morgan fingerprint density at radius 2 is 2.10 bits per heavy atom. The molecule has 1 fully saturated rings. The molecular weight excluding hydrogens is 264 g/mol. The normalized spacial score (nSPS) is 18.8. The molecule has 5 heteroatoms. The summed E-state index contributed by atoms with van der Waals surface area (Å²) >= 11 is 0. The van der Waals surface area contributed by atoms with E-state index in [4.69, 9.17) is 4.74 Å². The lowest BCUT2D eigenvalue weighted by Gasteiger charge is -2.38. The van der Waals surface area contributed by atoms with Crippen molar-refractivity contribution < 1.29 is 4.74 Å². The minimum absolute atomic E-state index is 0.0407. The number of ether oxygens (including phenoxy) is 1. The third-order valence-electron chi connectivity index (χ3n) is 3.69. The maximum absolute atomic E-state index is 5.72. The summed E-state index contributed by atoms with van der Waals surface area (Å²) < 4.78 is 5.72. The molecule has 0 atom stereocenters. The fourth-order valence-corrected chi connectivity index (χ4v) is 2.69. The molecule has 0 bridgehead atoms. The number of benzene rings is 1. The zero-order chi connectivity index (χ0) is 14.7. The minimum Gasteiger partial charge on any atom is -0.373 e. The molecule has 21 heavy (non-hydrogen) atoms. The molecule has 2 aromatic rings. The Balaban J connectivity index is 1.54. The molecule has 1 saturated heterocycles. The van der Waals surface area contributed by atoms with E-state index >= 15 is 0 Å². The SMILES string of the molecule is CC1(C)CN(CCNc2cnc3ccccc3n2)CCO1. The molecule has 1 aliphatic heterocycles. The van der Waals surface area contributed by atoms with Gasteiger partial charge < -0.3 is 10.1 Å². The number of morpholine rings is 1. The predicted octanol–water partition coefficient (Wildman–Crippen LogP) is 2.15. The third-order valence-corrected chi connectivity index (χ3v) is 3.69. The second kappa shape index (κ2) is 5.95. The van der Waals surface area contributed by atoms with Crippen LogP contribution in [-0.2, 0) is 4.74 Å². The summed E-state index contributed by atoms with van der Waals surface area (Å²) in [5.74, 6) is 0.834. The molecule has 0 radical (unpaired) electrons. The van der Waals surface area contributed by atoms with E-state index in [0.717, 1.165) is 49.6 Å². The Hall–Kier alpha value is -1.72. The van der Waals surface area contributed by atoms with Crippen LogP contribution in [0.3, 0.4) is 0 Å². The summed E-state index contributed by atoms with van der Waals surface area (Å²) in [5, 5.41) is 3.36. The van der Waals surface area contributed by atoms with Gasteiger partial charge in [0.05, 0.1) is 29.4 Å². The summed E-state index contributed by atoms with van der Waals surface area (Å²) in [5.41, 5.74) is 1.81. The summed E-state index contributed by atoms with van der Waals surface area (Å²) in [6.45, 7) is 8.91. The number of para-hydroxylation sites is 2. The molecule has 0 spiro atoms. The van der Waals surface area contributed by atoms with Crippen LogP contribution in [0, 0.1) is 0 Å². The van der Waals surface area contributed by atoms with Gasteiger partial charge in [0.1, 0.15) is 5.82 Å². The largest absolute Gasteiger partial charge is 0.373 e. The molecule has 0 unspecified atom stereocenters. The van der Waals surface area contributed by atoms with Crippen LogP contribution < -0.4 is 5.32 Å². The average molecular weight is 286 g/mol. The van der Waals surface area contributed by atoms with Crippen molar-refractivity contribution in [2.45, 2.75) is 19.4 Å². The standard InChI is InChI=1S/C16H22N4O/c1-16(2)12-20(9-10-21-16)8-7-17-15-11-18-13-5-3-4-6-14(13)19-15/h3-6,11H,7-10,12H2,1-2H3,(H,17,19). The molecule has 5 nitrogen and oxygen atoms in total. The van der Waals surface area contributed by atoms with Gasteiger partial charge in [0, 0.05) is 26.2 Å². The molecule has 1 N–H and O–H groups in total. The lowest BCUT2D eigenvalue weighted by Crippen LogP contribution is -2.49. The Bertz CT molecular complexity index is 614. The van der Waals surface area contributed by atoms with Gasteiger partial charge in [-0.05, 0) is 26.0 Å². The number of hydrogen-bond acceptors (Lipinski definition) is 5. The number of nitrogens with zero attached hydrogens (tertiary/aromatic N) is 3. The van der Waals surface area contributed by atoms with Crippen LogP contribution in [0.1, 0.15) is 13.8 Å². The van der Waals surface area contributed by atoms with Crippen LogP contribution in [0.15, 0.2) is 30.5 Å². The van der Waals surface area contributed by atoms with Crippen molar-refractivity contribution in [2.24, 2.45) is 0 Å². The molecule has 0 amide bonds. The van der Waals surface area contributed by atoms with Gasteiger partial charge in [-0.3, -0.25) is 9.88 Å². The number of nitrogens with one attached hydrogen (secondary N) is 1. The topological polar surface area (TPSA) is 50.3 Å². The van der Waals surface area contributed by atoms with Gasteiger partial charge in [0.2, 0.25) is 0 Å². The summed E-state index contributed by atoms with van der Waals surface area (Å²) in [6.07, 6.45) is 1.80. The number of fused-ring (bicyclic) bond motifs is 1. The van der Waals surface area contributed by atoms with Crippen molar-refractivity contribution in [3.63, 3.8) is 0 Å². The summed E-state index contributed by atoms with van der Waals surface area (Å²) in [4.78, 5) is 11.4. The van der Waals surface area contributed by atoms with E-state index in [1.165, 1.54) is 0 Å². The lowest BCUT2D eigenvalue weighted by molar-refractivity contribution is -0.0848. The smallest absolute Gasteiger partial charge is 0.145 e. The zero-order valence-corrected chi connectivity index (χ0v) is 12.7. The molecule has 1 aromatic carbocycles. The molecule has 0 aliphatic carbocycles. The van der Waals surface area contributed by atoms with Crippen molar-refractivity contribution in [1.29, 1.82) is 0 Å². The average Bonchev–Trinajstić information content (AvgIpc) is 2.46. The molecule has 1 aromatic heterocycles. The van der Waals surface area contributed by atoms with Crippen LogP contribution in [0.25, 0.3) is 11.0 Å². The molecule has 2 heterocycles. The first-order chi connectivity index (χ1) is 10.1. The number of hydrogen-bond donors (Lipinski definition) is 1. The zero-order valence-electron chi connectivity index (χ0n) is 12.7. The van der Waals surface area contributed by atoms with Gasteiger partial charge in [-0.25, -0.2) is 4.98 Å². The monoisotopic (exact) mass is 286 g/mol. The Kier molecular flexibility index (Phi) is 4.03. The Labute approximate surface area is 125 Å².